The first-order valence-corrected chi connectivity index (χ1v) is 6.75. The molecule has 0 bridgehead atoms. The average molecular weight is 317 g/mol. The number of hydrogen-bond acceptors (Lipinski definition) is 3. The molecular weight excluding hydrogens is 305 g/mol. The van der Waals surface area contributed by atoms with Gasteiger partial charge in [0.05, 0.1) is 10.0 Å². The Morgan fingerprint density at radius 3 is 2.47 bits per heavy atom. The molecule has 0 radical (unpaired) electrons. The summed E-state index contributed by atoms with van der Waals surface area (Å²) in [6.45, 7) is 0.581. The molecule has 0 aliphatic carbocycles. The Morgan fingerprint density at radius 1 is 1.05 bits per heavy atom. The lowest BCUT2D eigenvalue weighted by Gasteiger charge is -2.11. The number of hydrogen-bond donors (Lipinski definition) is 2. The summed E-state index contributed by atoms with van der Waals surface area (Å²) in [5.41, 5.74) is 1.05. The zero-order valence-electron chi connectivity index (χ0n) is 10.2. The Balaban J connectivity index is 2.15. The number of rotatable bonds is 4. The monoisotopic (exact) mass is 315 g/mol. The van der Waals surface area contributed by atoms with Crippen LogP contribution in [0.3, 0.4) is 0 Å². The van der Waals surface area contributed by atoms with Crippen molar-refractivity contribution in [1.82, 2.24) is 4.98 Å². The summed E-state index contributed by atoms with van der Waals surface area (Å²) in [4.78, 5) is 4.31. The molecule has 0 saturated heterocycles. The van der Waals surface area contributed by atoms with Crippen LogP contribution in [-0.2, 0) is 6.54 Å². The van der Waals surface area contributed by atoms with Crippen molar-refractivity contribution in [2.75, 3.05) is 17.7 Å². The van der Waals surface area contributed by atoms with Gasteiger partial charge in [-0.15, -0.1) is 0 Å². The van der Waals surface area contributed by atoms with E-state index in [1.807, 2.05) is 24.3 Å². The third-order valence-corrected chi connectivity index (χ3v) is 3.33. The van der Waals surface area contributed by atoms with Crippen LogP contribution in [0.5, 0.6) is 0 Å². The standard InChI is InChI=1S/C13H12Cl3N3/c1-17-12-10(15)6-11(16)13(19-12)18-7-8-3-2-4-9(14)5-8/h2-6H,7H2,1H3,(H2,17,18,19). The van der Waals surface area contributed by atoms with Crippen LogP contribution in [0.25, 0.3) is 0 Å². The van der Waals surface area contributed by atoms with Crippen molar-refractivity contribution in [3.05, 3.63) is 51.0 Å². The maximum atomic E-state index is 6.09. The number of benzene rings is 1. The van der Waals surface area contributed by atoms with Crippen molar-refractivity contribution in [3.63, 3.8) is 0 Å². The number of halogens is 3. The van der Waals surface area contributed by atoms with Gasteiger partial charge in [-0.25, -0.2) is 4.98 Å². The van der Waals surface area contributed by atoms with Crippen LogP contribution in [-0.4, -0.2) is 12.0 Å². The second-order valence-corrected chi connectivity index (χ2v) is 5.13. The van der Waals surface area contributed by atoms with Gasteiger partial charge >= 0.3 is 0 Å². The SMILES string of the molecule is CNc1nc(NCc2cccc(Cl)c2)c(Cl)cc1Cl. The van der Waals surface area contributed by atoms with E-state index < -0.39 is 0 Å². The Labute approximate surface area is 126 Å². The van der Waals surface area contributed by atoms with E-state index in [9.17, 15) is 0 Å². The highest BCUT2D eigenvalue weighted by atomic mass is 35.5. The number of nitrogens with zero attached hydrogens (tertiary/aromatic N) is 1. The van der Waals surface area contributed by atoms with Gasteiger partial charge in [0.25, 0.3) is 0 Å². The summed E-state index contributed by atoms with van der Waals surface area (Å²) < 4.78 is 0. The molecule has 0 atom stereocenters. The van der Waals surface area contributed by atoms with Crippen molar-refractivity contribution >= 4 is 46.4 Å². The molecule has 100 valence electrons. The van der Waals surface area contributed by atoms with Crippen LogP contribution < -0.4 is 10.6 Å². The average Bonchev–Trinajstić information content (AvgIpc) is 2.38. The van der Waals surface area contributed by atoms with E-state index in [1.54, 1.807) is 13.1 Å². The van der Waals surface area contributed by atoms with Crippen LogP contribution in [0.4, 0.5) is 11.6 Å². The Kier molecular flexibility index (Phi) is 4.75. The molecule has 2 rings (SSSR count). The molecule has 0 saturated carbocycles. The lowest BCUT2D eigenvalue weighted by Crippen LogP contribution is -2.04. The molecule has 0 aliphatic rings. The van der Waals surface area contributed by atoms with Gasteiger partial charge in [0.15, 0.2) is 0 Å². The first-order chi connectivity index (χ1) is 9.10. The van der Waals surface area contributed by atoms with Crippen LogP contribution in [0.15, 0.2) is 30.3 Å². The molecule has 2 N–H and O–H groups in total. The first-order valence-electron chi connectivity index (χ1n) is 5.62. The highest BCUT2D eigenvalue weighted by molar-refractivity contribution is 6.37. The van der Waals surface area contributed by atoms with Gasteiger partial charge < -0.3 is 10.6 Å². The summed E-state index contributed by atoms with van der Waals surface area (Å²) >= 11 is 18.0. The Bertz CT molecular complexity index is 587. The third-order valence-electron chi connectivity index (χ3n) is 2.52. The fourth-order valence-electron chi connectivity index (χ4n) is 1.60. The van der Waals surface area contributed by atoms with Crippen LogP contribution >= 0.6 is 34.8 Å². The Hall–Kier alpha value is -1.16. The molecular formula is C13H12Cl3N3. The van der Waals surface area contributed by atoms with Gasteiger partial charge in [0, 0.05) is 18.6 Å². The van der Waals surface area contributed by atoms with E-state index in [0.29, 0.717) is 33.2 Å². The molecule has 0 aliphatic heterocycles. The smallest absolute Gasteiger partial charge is 0.147 e. The van der Waals surface area contributed by atoms with Crippen molar-refractivity contribution in [2.45, 2.75) is 6.54 Å². The van der Waals surface area contributed by atoms with Gasteiger partial charge in [-0.05, 0) is 23.8 Å². The molecule has 0 unspecified atom stereocenters. The van der Waals surface area contributed by atoms with Crippen LogP contribution in [0.2, 0.25) is 15.1 Å². The number of pyridine rings is 1. The second kappa shape index (κ2) is 6.33. The van der Waals surface area contributed by atoms with Crippen molar-refractivity contribution in [3.8, 4) is 0 Å². The predicted octanol–water partition coefficient (Wildman–Crippen LogP) is 4.70. The number of aromatic nitrogens is 1. The normalized spacial score (nSPS) is 10.3. The molecule has 2 aromatic rings. The molecule has 1 aromatic heterocycles. The van der Waals surface area contributed by atoms with Gasteiger partial charge in [-0.3, -0.25) is 0 Å². The third kappa shape index (κ3) is 3.66. The molecule has 6 heteroatoms. The lowest BCUT2D eigenvalue weighted by atomic mass is 10.2. The van der Waals surface area contributed by atoms with Gasteiger partial charge in [0.1, 0.15) is 11.6 Å². The highest BCUT2D eigenvalue weighted by Gasteiger charge is 2.08. The fourth-order valence-corrected chi connectivity index (χ4v) is 2.33. The van der Waals surface area contributed by atoms with E-state index >= 15 is 0 Å². The summed E-state index contributed by atoms with van der Waals surface area (Å²) in [6, 6.07) is 9.24. The number of anilines is 2. The van der Waals surface area contributed by atoms with E-state index in [2.05, 4.69) is 15.6 Å². The zero-order valence-corrected chi connectivity index (χ0v) is 12.4. The van der Waals surface area contributed by atoms with Gasteiger partial charge in [0.2, 0.25) is 0 Å². The van der Waals surface area contributed by atoms with Crippen LogP contribution in [0, 0.1) is 0 Å². The topological polar surface area (TPSA) is 37.0 Å². The summed E-state index contributed by atoms with van der Waals surface area (Å²) in [6.07, 6.45) is 0. The second-order valence-electron chi connectivity index (χ2n) is 3.88. The van der Waals surface area contributed by atoms with E-state index in [1.165, 1.54) is 0 Å². The minimum atomic E-state index is 0.478. The maximum absolute atomic E-state index is 6.09. The zero-order chi connectivity index (χ0) is 13.8. The highest BCUT2D eigenvalue weighted by Crippen LogP contribution is 2.29. The molecule has 1 aromatic carbocycles. The van der Waals surface area contributed by atoms with Crippen molar-refractivity contribution in [1.29, 1.82) is 0 Å². The predicted molar refractivity (Wildman–Crippen MR) is 82.6 cm³/mol. The van der Waals surface area contributed by atoms with E-state index in [-0.39, 0.29) is 0 Å². The fraction of sp³-hybridized carbons (Fsp3) is 0.154. The van der Waals surface area contributed by atoms with Crippen molar-refractivity contribution in [2.24, 2.45) is 0 Å². The largest absolute Gasteiger partial charge is 0.372 e. The first kappa shape index (κ1) is 14.3. The summed E-state index contributed by atoms with van der Waals surface area (Å²) in [7, 11) is 1.75. The van der Waals surface area contributed by atoms with E-state index in [4.69, 9.17) is 34.8 Å². The van der Waals surface area contributed by atoms with Gasteiger partial charge in [-0.1, -0.05) is 46.9 Å². The molecule has 19 heavy (non-hydrogen) atoms. The Morgan fingerprint density at radius 2 is 1.79 bits per heavy atom. The summed E-state index contributed by atoms with van der Waals surface area (Å²) in [5, 5.41) is 7.73. The summed E-state index contributed by atoms with van der Waals surface area (Å²) in [5.74, 6) is 1.16. The van der Waals surface area contributed by atoms with Crippen molar-refractivity contribution < 1.29 is 0 Å². The molecule has 0 fully saturated rings. The maximum Gasteiger partial charge on any atom is 0.147 e. The van der Waals surface area contributed by atoms with E-state index in [0.717, 1.165) is 5.56 Å². The molecule has 0 amide bonds. The minimum Gasteiger partial charge on any atom is -0.372 e. The number of nitrogens with one attached hydrogen (secondary N) is 2. The quantitative estimate of drug-likeness (QED) is 0.858. The minimum absolute atomic E-state index is 0.478. The lowest BCUT2D eigenvalue weighted by molar-refractivity contribution is 1.11. The van der Waals surface area contributed by atoms with Gasteiger partial charge in [-0.2, -0.15) is 0 Å². The molecule has 3 nitrogen and oxygen atoms in total. The molecule has 1 heterocycles. The molecule has 0 spiro atoms. The van der Waals surface area contributed by atoms with Crippen LogP contribution in [0.1, 0.15) is 5.56 Å².